The highest BCUT2D eigenvalue weighted by Gasteiger charge is 2.35. The average Bonchev–Trinajstić information content (AvgIpc) is 2.96. The molecule has 2 aliphatic heterocycles. The van der Waals surface area contributed by atoms with Gasteiger partial charge >= 0.3 is 0 Å². The number of hydrogen-bond acceptors (Lipinski definition) is 2. The van der Waals surface area contributed by atoms with Gasteiger partial charge in [-0.2, -0.15) is 0 Å². The van der Waals surface area contributed by atoms with Crippen molar-refractivity contribution in [2.45, 2.75) is 18.6 Å². The molecular weight excluding hydrogens is 253 g/mol. The van der Waals surface area contributed by atoms with Crippen molar-refractivity contribution in [3.05, 3.63) is 59.4 Å². The Morgan fingerprint density at radius 1 is 1.00 bits per heavy atom. The van der Waals surface area contributed by atoms with Crippen LogP contribution in [0.3, 0.4) is 0 Å². The molecule has 0 bridgehead atoms. The lowest BCUT2D eigenvalue weighted by atomic mass is 9.85. The second-order valence-electron chi connectivity index (χ2n) is 5.47. The van der Waals surface area contributed by atoms with Crippen LogP contribution in [0.15, 0.2) is 42.5 Å². The summed E-state index contributed by atoms with van der Waals surface area (Å²) >= 11 is 0. The summed E-state index contributed by atoms with van der Waals surface area (Å²) in [5, 5.41) is 3.38. The number of benzene rings is 2. The van der Waals surface area contributed by atoms with Crippen molar-refractivity contribution in [2.75, 3.05) is 13.1 Å². The first kappa shape index (κ1) is 12.1. The van der Waals surface area contributed by atoms with Gasteiger partial charge in [0.25, 0.3) is 0 Å². The first-order valence-electron chi connectivity index (χ1n) is 7.03. The molecule has 1 fully saturated rings. The van der Waals surface area contributed by atoms with Crippen LogP contribution in [0.4, 0.5) is 4.39 Å². The van der Waals surface area contributed by atoms with Gasteiger partial charge in [0.15, 0.2) is 0 Å². The van der Waals surface area contributed by atoms with Crippen LogP contribution >= 0.6 is 0 Å². The molecule has 2 atom stereocenters. The van der Waals surface area contributed by atoms with Gasteiger partial charge in [0, 0.05) is 24.6 Å². The summed E-state index contributed by atoms with van der Waals surface area (Å²) in [6.45, 7) is 2.43. The number of fused-ring (bicyclic) bond motifs is 3. The monoisotopic (exact) mass is 269 g/mol. The van der Waals surface area contributed by atoms with E-state index in [9.17, 15) is 4.39 Å². The number of nitrogens with one attached hydrogen (secondary N) is 1. The normalized spacial score (nSPS) is 24.2. The van der Waals surface area contributed by atoms with Crippen LogP contribution in [0.5, 0.6) is 0 Å². The third kappa shape index (κ3) is 1.78. The summed E-state index contributed by atoms with van der Waals surface area (Å²) in [6, 6.07) is 13.1. The van der Waals surface area contributed by atoms with E-state index < -0.39 is 0 Å². The molecule has 0 aliphatic carbocycles. The molecule has 4 rings (SSSR count). The Labute approximate surface area is 117 Å². The van der Waals surface area contributed by atoms with E-state index in [1.165, 1.54) is 11.6 Å². The van der Waals surface area contributed by atoms with Crippen LogP contribution in [-0.4, -0.2) is 19.2 Å². The van der Waals surface area contributed by atoms with Crippen molar-refractivity contribution >= 4 is 0 Å². The van der Waals surface area contributed by atoms with E-state index in [4.69, 9.17) is 4.74 Å². The highest BCUT2D eigenvalue weighted by Crippen LogP contribution is 2.38. The standard InChI is InChI=1S/C17H16FNO/c18-16-7-2-1-4-13(16)11-5-3-6-12-14-8-19-9-17(14)20-10-15(11)12/h1-7,14,17,19H,8-10H2/t14-,17?/m0/s1. The van der Waals surface area contributed by atoms with E-state index in [-0.39, 0.29) is 11.9 Å². The van der Waals surface area contributed by atoms with Crippen LogP contribution < -0.4 is 5.32 Å². The van der Waals surface area contributed by atoms with Crippen LogP contribution in [0.2, 0.25) is 0 Å². The van der Waals surface area contributed by atoms with Gasteiger partial charge in [0.05, 0.1) is 12.7 Å². The maximum Gasteiger partial charge on any atom is 0.131 e. The Morgan fingerprint density at radius 2 is 1.85 bits per heavy atom. The van der Waals surface area contributed by atoms with Gasteiger partial charge in [-0.1, -0.05) is 36.4 Å². The van der Waals surface area contributed by atoms with Crippen molar-refractivity contribution in [2.24, 2.45) is 0 Å². The Hall–Kier alpha value is -1.71. The fourth-order valence-corrected chi connectivity index (χ4v) is 3.38. The van der Waals surface area contributed by atoms with E-state index >= 15 is 0 Å². The molecule has 1 saturated heterocycles. The first-order valence-corrected chi connectivity index (χ1v) is 7.03. The first-order chi connectivity index (χ1) is 9.84. The summed E-state index contributed by atoms with van der Waals surface area (Å²) < 4.78 is 20.0. The van der Waals surface area contributed by atoms with Gasteiger partial charge in [-0.15, -0.1) is 0 Å². The molecule has 1 unspecified atom stereocenters. The molecule has 20 heavy (non-hydrogen) atoms. The molecular formula is C17H16FNO. The fourth-order valence-electron chi connectivity index (χ4n) is 3.38. The van der Waals surface area contributed by atoms with Gasteiger partial charge in [-0.3, -0.25) is 0 Å². The minimum absolute atomic E-state index is 0.174. The minimum atomic E-state index is -0.174. The molecule has 0 radical (unpaired) electrons. The van der Waals surface area contributed by atoms with Gasteiger partial charge in [-0.25, -0.2) is 4.39 Å². The molecule has 0 aromatic heterocycles. The molecule has 3 heteroatoms. The molecule has 0 saturated carbocycles. The second-order valence-corrected chi connectivity index (χ2v) is 5.47. The zero-order valence-electron chi connectivity index (χ0n) is 11.1. The zero-order valence-corrected chi connectivity index (χ0v) is 11.1. The zero-order chi connectivity index (χ0) is 13.5. The van der Waals surface area contributed by atoms with Crippen LogP contribution in [0.1, 0.15) is 17.0 Å². The quantitative estimate of drug-likeness (QED) is 0.859. The third-order valence-electron chi connectivity index (χ3n) is 4.38. The lowest BCUT2D eigenvalue weighted by Gasteiger charge is -2.29. The van der Waals surface area contributed by atoms with Crippen LogP contribution in [-0.2, 0) is 11.3 Å². The molecule has 0 spiro atoms. The van der Waals surface area contributed by atoms with Gasteiger partial charge in [0.2, 0.25) is 0 Å². The predicted octanol–water partition coefficient (Wildman–Crippen LogP) is 3.08. The summed E-state index contributed by atoms with van der Waals surface area (Å²) in [6.07, 6.45) is 0.262. The molecule has 0 amide bonds. The summed E-state index contributed by atoms with van der Waals surface area (Å²) in [5.41, 5.74) is 4.08. The lowest BCUT2D eigenvalue weighted by Crippen LogP contribution is -2.27. The van der Waals surface area contributed by atoms with E-state index in [0.717, 1.165) is 24.2 Å². The van der Waals surface area contributed by atoms with E-state index in [0.29, 0.717) is 18.1 Å². The van der Waals surface area contributed by atoms with Crippen molar-refractivity contribution in [1.82, 2.24) is 5.32 Å². The maximum atomic E-state index is 14.1. The molecule has 2 aromatic rings. The highest BCUT2D eigenvalue weighted by atomic mass is 19.1. The van der Waals surface area contributed by atoms with Crippen molar-refractivity contribution in [1.29, 1.82) is 0 Å². The molecule has 2 aliphatic rings. The van der Waals surface area contributed by atoms with Gasteiger partial charge in [-0.05, 0) is 22.8 Å². The number of rotatable bonds is 1. The molecule has 2 nitrogen and oxygen atoms in total. The molecule has 102 valence electrons. The van der Waals surface area contributed by atoms with Gasteiger partial charge < -0.3 is 10.1 Å². The summed E-state index contributed by atoms with van der Waals surface area (Å²) in [5.74, 6) is 0.220. The third-order valence-corrected chi connectivity index (χ3v) is 4.38. The fraction of sp³-hybridized carbons (Fsp3) is 0.294. The van der Waals surface area contributed by atoms with E-state index in [1.54, 1.807) is 6.07 Å². The van der Waals surface area contributed by atoms with Crippen molar-refractivity contribution < 1.29 is 9.13 Å². The van der Waals surface area contributed by atoms with Crippen molar-refractivity contribution in [3.8, 4) is 11.1 Å². The van der Waals surface area contributed by atoms with Crippen molar-refractivity contribution in [3.63, 3.8) is 0 Å². The van der Waals surface area contributed by atoms with E-state index in [2.05, 4.69) is 11.4 Å². The number of hydrogen-bond donors (Lipinski definition) is 1. The predicted molar refractivity (Wildman–Crippen MR) is 76.0 cm³/mol. The Kier molecular flexibility index (Phi) is 2.83. The van der Waals surface area contributed by atoms with E-state index in [1.807, 2.05) is 24.3 Å². The SMILES string of the molecule is Fc1ccccc1-c1cccc2c1COC1CNC[C@@H]21. The lowest BCUT2D eigenvalue weighted by molar-refractivity contribution is 0.0302. The molecule has 2 aromatic carbocycles. The Balaban J connectivity index is 1.87. The smallest absolute Gasteiger partial charge is 0.131 e. The van der Waals surface area contributed by atoms with Crippen LogP contribution in [0, 0.1) is 5.82 Å². The maximum absolute atomic E-state index is 14.1. The summed E-state index contributed by atoms with van der Waals surface area (Å²) in [4.78, 5) is 0. The number of ether oxygens (including phenoxy) is 1. The largest absolute Gasteiger partial charge is 0.371 e. The average molecular weight is 269 g/mol. The van der Waals surface area contributed by atoms with Crippen LogP contribution in [0.25, 0.3) is 11.1 Å². The Morgan fingerprint density at radius 3 is 2.75 bits per heavy atom. The highest BCUT2D eigenvalue weighted by molar-refractivity contribution is 5.70. The topological polar surface area (TPSA) is 21.3 Å². The minimum Gasteiger partial charge on any atom is -0.371 e. The second kappa shape index (κ2) is 4.69. The Bertz CT molecular complexity index is 655. The number of halogens is 1. The molecule has 1 N–H and O–H groups in total. The molecule has 2 heterocycles. The summed E-state index contributed by atoms with van der Waals surface area (Å²) in [7, 11) is 0. The van der Waals surface area contributed by atoms with Gasteiger partial charge in [0.1, 0.15) is 5.82 Å².